The standard InChI is InChI=1S/C12H15NO5/c14-8-9-1-2-12(11(7-9)13(15)16)18-10-3-5-17-6-4-10/h1-2,7,10,14H,3-6,8H2. The Morgan fingerprint density at radius 2 is 2.17 bits per heavy atom. The monoisotopic (exact) mass is 253 g/mol. The van der Waals surface area contributed by atoms with Crippen molar-refractivity contribution in [1.29, 1.82) is 0 Å². The molecule has 6 heteroatoms. The van der Waals surface area contributed by atoms with Crippen molar-refractivity contribution in [3.8, 4) is 5.75 Å². The van der Waals surface area contributed by atoms with E-state index in [1.807, 2.05) is 0 Å². The van der Waals surface area contributed by atoms with Gasteiger partial charge in [0.1, 0.15) is 6.10 Å². The first-order valence-corrected chi connectivity index (χ1v) is 5.83. The number of nitro benzene ring substituents is 1. The van der Waals surface area contributed by atoms with Gasteiger partial charge in [0.15, 0.2) is 5.75 Å². The Labute approximate surface area is 104 Å². The molecule has 1 fully saturated rings. The SMILES string of the molecule is O=[N+]([O-])c1cc(CO)ccc1OC1CCOCC1. The Morgan fingerprint density at radius 1 is 1.44 bits per heavy atom. The Morgan fingerprint density at radius 3 is 2.78 bits per heavy atom. The van der Waals surface area contributed by atoms with Crippen LogP contribution in [0.3, 0.4) is 0 Å². The van der Waals surface area contributed by atoms with E-state index in [1.54, 1.807) is 12.1 Å². The molecule has 1 aromatic carbocycles. The molecule has 1 heterocycles. The molecule has 1 aliphatic heterocycles. The van der Waals surface area contributed by atoms with Crippen molar-refractivity contribution >= 4 is 5.69 Å². The first-order chi connectivity index (χ1) is 8.70. The largest absolute Gasteiger partial charge is 0.483 e. The van der Waals surface area contributed by atoms with Crippen LogP contribution in [-0.4, -0.2) is 29.3 Å². The van der Waals surface area contributed by atoms with Gasteiger partial charge in [-0.3, -0.25) is 10.1 Å². The first kappa shape index (κ1) is 12.8. The van der Waals surface area contributed by atoms with Crippen molar-refractivity contribution < 1.29 is 19.5 Å². The normalized spacial score (nSPS) is 16.5. The highest BCUT2D eigenvalue weighted by atomic mass is 16.6. The summed E-state index contributed by atoms with van der Waals surface area (Å²) >= 11 is 0. The number of aliphatic hydroxyl groups is 1. The van der Waals surface area contributed by atoms with Gasteiger partial charge in [-0.15, -0.1) is 0 Å². The summed E-state index contributed by atoms with van der Waals surface area (Å²) in [5.41, 5.74) is 0.397. The Hall–Kier alpha value is -1.66. The molecule has 0 spiro atoms. The summed E-state index contributed by atoms with van der Waals surface area (Å²) in [5.74, 6) is 0.254. The fourth-order valence-corrected chi connectivity index (χ4v) is 1.88. The van der Waals surface area contributed by atoms with Crippen molar-refractivity contribution in [2.45, 2.75) is 25.6 Å². The summed E-state index contributed by atoms with van der Waals surface area (Å²) in [4.78, 5) is 10.5. The van der Waals surface area contributed by atoms with Crippen LogP contribution in [0.4, 0.5) is 5.69 Å². The van der Waals surface area contributed by atoms with Crippen LogP contribution in [-0.2, 0) is 11.3 Å². The van der Waals surface area contributed by atoms with Gasteiger partial charge in [0, 0.05) is 18.9 Å². The number of hydrogen-bond donors (Lipinski definition) is 1. The lowest BCUT2D eigenvalue weighted by Gasteiger charge is -2.23. The first-order valence-electron chi connectivity index (χ1n) is 5.83. The minimum Gasteiger partial charge on any atom is -0.483 e. The molecular weight excluding hydrogens is 238 g/mol. The Balaban J connectivity index is 2.17. The van der Waals surface area contributed by atoms with E-state index in [9.17, 15) is 10.1 Å². The highest BCUT2D eigenvalue weighted by Gasteiger charge is 2.21. The van der Waals surface area contributed by atoms with Crippen LogP contribution in [0.25, 0.3) is 0 Å². The number of nitrogens with zero attached hydrogens (tertiary/aromatic N) is 1. The third kappa shape index (κ3) is 2.96. The van der Waals surface area contributed by atoms with Gasteiger partial charge in [-0.25, -0.2) is 0 Å². The van der Waals surface area contributed by atoms with Gasteiger partial charge in [-0.2, -0.15) is 0 Å². The average molecular weight is 253 g/mol. The summed E-state index contributed by atoms with van der Waals surface area (Å²) in [6.07, 6.45) is 1.43. The molecule has 1 N–H and O–H groups in total. The van der Waals surface area contributed by atoms with Crippen LogP contribution in [0, 0.1) is 10.1 Å². The molecule has 1 aromatic rings. The zero-order chi connectivity index (χ0) is 13.0. The van der Waals surface area contributed by atoms with Gasteiger partial charge in [0.05, 0.1) is 24.7 Å². The lowest BCUT2D eigenvalue weighted by molar-refractivity contribution is -0.386. The molecule has 0 atom stereocenters. The van der Waals surface area contributed by atoms with E-state index in [0.29, 0.717) is 18.8 Å². The van der Waals surface area contributed by atoms with Crippen LogP contribution in [0.2, 0.25) is 0 Å². The molecule has 0 aromatic heterocycles. The second-order valence-corrected chi connectivity index (χ2v) is 4.15. The van der Waals surface area contributed by atoms with Crippen molar-refractivity contribution in [1.82, 2.24) is 0 Å². The van der Waals surface area contributed by atoms with Crippen molar-refractivity contribution in [3.63, 3.8) is 0 Å². The molecule has 1 aliphatic rings. The van der Waals surface area contributed by atoms with E-state index in [0.717, 1.165) is 12.8 Å². The third-order valence-electron chi connectivity index (χ3n) is 2.86. The molecule has 0 bridgehead atoms. The fraction of sp³-hybridized carbons (Fsp3) is 0.500. The van der Waals surface area contributed by atoms with E-state index >= 15 is 0 Å². The van der Waals surface area contributed by atoms with E-state index in [1.165, 1.54) is 6.07 Å². The van der Waals surface area contributed by atoms with Crippen molar-refractivity contribution in [3.05, 3.63) is 33.9 Å². The average Bonchev–Trinajstić information content (AvgIpc) is 2.40. The quantitative estimate of drug-likeness (QED) is 0.651. The molecular formula is C12H15NO5. The van der Waals surface area contributed by atoms with Crippen LogP contribution in [0.1, 0.15) is 18.4 Å². The van der Waals surface area contributed by atoms with Crippen LogP contribution in [0.15, 0.2) is 18.2 Å². The molecule has 0 amide bonds. The maximum Gasteiger partial charge on any atom is 0.311 e. The molecule has 0 saturated carbocycles. The van der Waals surface area contributed by atoms with Gasteiger partial charge in [0.2, 0.25) is 0 Å². The van der Waals surface area contributed by atoms with Gasteiger partial charge in [-0.1, -0.05) is 6.07 Å². The summed E-state index contributed by atoms with van der Waals surface area (Å²) in [7, 11) is 0. The highest BCUT2D eigenvalue weighted by Crippen LogP contribution is 2.30. The lowest BCUT2D eigenvalue weighted by Crippen LogP contribution is -2.26. The molecule has 0 unspecified atom stereocenters. The number of benzene rings is 1. The van der Waals surface area contributed by atoms with Crippen LogP contribution >= 0.6 is 0 Å². The molecule has 0 radical (unpaired) electrons. The Bertz CT molecular complexity index is 428. The second-order valence-electron chi connectivity index (χ2n) is 4.15. The van der Waals surface area contributed by atoms with Gasteiger partial charge < -0.3 is 14.6 Å². The number of aliphatic hydroxyl groups excluding tert-OH is 1. The summed E-state index contributed by atoms with van der Waals surface area (Å²) < 4.78 is 10.8. The maximum absolute atomic E-state index is 11.0. The zero-order valence-electron chi connectivity index (χ0n) is 9.87. The highest BCUT2D eigenvalue weighted by molar-refractivity contribution is 5.48. The van der Waals surface area contributed by atoms with E-state index in [4.69, 9.17) is 14.6 Å². The number of ether oxygens (including phenoxy) is 2. The Kier molecular flexibility index (Phi) is 4.11. The predicted molar refractivity (Wildman–Crippen MR) is 63.5 cm³/mol. The molecule has 98 valence electrons. The third-order valence-corrected chi connectivity index (χ3v) is 2.86. The minimum atomic E-state index is -0.492. The van der Waals surface area contributed by atoms with Crippen LogP contribution in [0.5, 0.6) is 5.75 Å². The fourth-order valence-electron chi connectivity index (χ4n) is 1.88. The van der Waals surface area contributed by atoms with Gasteiger partial charge in [-0.05, 0) is 11.6 Å². The zero-order valence-corrected chi connectivity index (χ0v) is 9.87. The molecule has 1 saturated heterocycles. The van der Waals surface area contributed by atoms with Gasteiger partial charge in [0.25, 0.3) is 0 Å². The minimum absolute atomic E-state index is 0.0440. The topological polar surface area (TPSA) is 81.8 Å². The van der Waals surface area contributed by atoms with Crippen molar-refractivity contribution in [2.75, 3.05) is 13.2 Å². The van der Waals surface area contributed by atoms with Gasteiger partial charge >= 0.3 is 5.69 Å². The maximum atomic E-state index is 11.0. The molecule has 6 nitrogen and oxygen atoms in total. The van der Waals surface area contributed by atoms with E-state index in [2.05, 4.69) is 0 Å². The smallest absolute Gasteiger partial charge is 0.311 e. The molecule has 0 aliphatic carbocycles. The van der Waals surface area contributed by atoms with Crippen molar-refractivity contribution in [2.24, 2.45) is 0 Å². The summed E-state index contributed by atoms with van der Waals surface area (Å²) in [6, 6.07) is 4.51. The number of rotatable bonds is 4. The van der Waals surface area contributed by atoms with Crippen LogP contribution < -0.4 is 4.74 Å². The summed E-state index contributed by atoms with van der Waals surface area (Å²) in [6.45, 7) is 1.01. The van der Waals surface area contributed by atoms with E-state index in [-0.39, 0.29) is 24.1 Å². The lowest BCUT2D eigenvalue weighted by atomic mass is 10.1. The number of hydrogen-bond acceptors (Lipinski definition) is 5. The second kappa shape index (κ2) is 5.79. The number of nitro groups is 1. The molecule has 18 heavy (non-hydrogen) atoms. The molecule has 2 rings (SSSR count). The summed E-state index contributed by atoms with van der Waals surface area (Å²) in [5, 5.41) is 19.9. The predicted octanol–water partition coefficient (Wildman–Crippen LogP) is 1.64. The van der Waals surface area contributed by atoms with E-state index < -0.39 is 4.92 Å².